The first-order chi connectivity index (χ1) is 9.29. The van der Waals surface area contributed by atoms with E-state index in [-0.39, 0.29) is 16.3 Å². The first-order valence-electron chi connectivity index (χ1n) is 5.68. The number of benzene rings is 1. The quantitative estimate of drug-likeness (QED) is 0.791. The Kier molecular flexibility index (Phi) is 3.49. The number of hydrogen-bond acceptors (Lipinski definition) is 4. The van der Waals surface area contributed by atoms with E-state index in [1.54, 1.807) is 19.9 Å². The van der Waals surface area contributed by atoms with Gasteiger partial charge in [0, 0.05) is 5.69 Å². The minimum atomic E-state index is -3.81. The molecule has 0 aliphatic carbocycles. The van der Waals surface area contributed by atoms with Gasteiger partial charge in [-0.05, 0) is 31.5 Å². The van der Waals surface area contributed by atoms with E-state index in [0.717, 1.165) is 0 Å². The van der Waals surface area contributed by atoms with Gasteiger partial charge in [0.05, 0.1) is 11.8 Å². The molecule has 0 amide bonds. The van der Waals surface area contributed by atoms with Crippen LogP contribution < -0.4 is 4.72 Å². The fourth-order valence-electron chi connectivity index (χ4n) is 1.66. The van der Waals surface area contributed by atoms with Crippen molar-refractivity contribution >= 4 is 21.7 Å². The van der Waals surface area contributed by atoms with Crippen molar-refractivity contribution in [2.24, 2.45) is 0 Å². The van der Waals surface area contributed by atoms with Crippen LogP contribution in [0, 0.1) is 13.8 Å². The number of sulfonamides is 1. The second-order valence-electron chi connectivity index (χ2n) is 4.27. The molecule has 0 atom stereocenters. The van der Waals surface area contributed by atoms with E-state index in [0.29, 0.717) is 11.4 Å². The maximum Gasteiger partial charge on any atom is 0.336 e. The van der Waals surface area contributed by atoms with Gasteiger partial charge in [0.25, 0.3) is 10.0 Å². The number of hydrogen-bond donors (Lipinski definition) is 3. The third-order valence-electron chi connectivity index (χ3n) is 2.69. The maximum absolute atomic E-state index is 12.1. The van der Waals surface area contributed by atoms with Crippen molar-refractivity contribution < 1.29 is 18.3 Å². The van der Waals surface area contributed by atoms with Gasteiger partial charge in [-0.3, -0.25) is 4.72 Å². The predicted octanol–water partition coefficient (Wildman–Crippen LogP) is 1.53. The van der Waals surface area contributed by atoms with Crippen LogP contribution in [0.25, 0.3) is 0 Å². The lowest BCUT2D eigenvalue weighted by atomic mass is 10.1. The SMILES string of the molecule is Cc1ncc(S(=O)(=O)Nc2ccc(C)c(C(=O)O)c2)[nH]1. The average molecular weight is 295 g/mol. The van der Waals surface area contributed by atoms with Crippen LogP contribution in [0.1, 0.15) is 21.7 Å². The summed E-state index contributed by atoms with van der Waals surface area (Å²) in [6.45, 7) is 3.27. The number of carbonyl (C=O) groups is 1. The lowest BCUT2D eigenvalue weighted by Crippen LogP contribution is -2.14. The first kappa shape index (κ1) is 14.1. The van der Waals surface area contributed by atoms with Crippen LogP contribution in [-0.2, 0) is 10.0 Å². The molecule has 1 aromatic carbocycles. The summed E-state index contributed by atoms with van der Waals surface area (Å²) in [5.74, 6) is -0.638. The molecule has 1 aromatic heterocycles. The molecule has 0 saturated heterocycles. The highest BCUT2D eigenvalue weighted by Crippen LogP contribution is 2.18. The molecule has 3 N–H and O–H groups in total. The van der Waals surface area contributed by atoms with Gasteiger partial charge in [0.2, 0.25) is 0 Å². The molecule has 1 heterocycles. The fourth-order valence-corrected chi connectivity index (χ4v) is 2.68. The van der Waals surface area contributed by atoms with Gasteiger partial charge in [-0.1, -0.05) is 6.07 Å². The van der Waals surface area contributed by atoms with Crippen molar-refractivity contribution in [2.75, 3.05) is 4.72 Å². The molecular formula is C12H13N3O4S. The monoisotopic (exact) mass is 295 g/mol. The van der Waals surface area contributed by atoms with Crippen LogP contribution in [0.15, 0.2) is 29.4 Å². The van der Waals surface area contributed by atoms with Crippen molar-refractivity contribution in [1.82, 2.24) is 9.97 Å². The molecule has 0 unspecified atom stereocenters. The lowest BCUT2D eigenvalue weighted by molar-refractivity contribution is 0.0696. The van der Waals surface area contributed by atoms with Crippen molar-refractivity contribution in [3.63, 3.8) is 0 Å². The standard InChI is InChI=1S/C12H13N3O4S/c1-7-3-4-9(5-10(7)12(16)17)15-20(18,19)11-6-13-8(2)14-11/h3-6,15H,1-2H3,(H,13,14)(H,16,17). The van der Waals surface area contributed by atoms with E-state index in [1.165, 1.54) is 18.3 Å². The normalized spacial score (nSPS) is 11.3. The van der Waals surface area contributed by atoms with Gasteiger partial charge in [-0.15, -0.1) is 0 Å². The third-order valence-corrected chi connectivity index (χ3v) is 3.98. The van der Waals surface area contributed by atoms with Crippen LogP contribution in [0.3, 0.4) is 0 Å². The van der Waals surface area contributed by atoms with E-state index in [1.807, 2.05) is 0 Å². The largest absolute Gasteiger partial charge is 0.478 e. The smallest absolute Gasteiger partial charge is 0.336 e. The number of imidazole rings is 1. The second kappa shape index (κ2) is 4.97. The topological polar surface area (TPSA) is 112 Å². The first-order valence-corrected chi connectivity index (χ1v) is 7.16. The highest BCUT2D eigenvalue weighted by Gasteiger charge is 2.17. The molecule has 2 aromatic rings. The van der Waals surface area contributed by atoms with Crippen molar-refractivity contribution in [1.29, 1.82) is 0 Å². The molecule has 0 aliphatic rings. The molecule has 0 bridgehead atoms. The Morgan fingerprint density at radius 3 is 2.60 bits per heavy atom. The summed E-state index contributed by atoms with van der Waals surface area (Å²) in [6, 6.07) is 4.32. The van der Waals surface area contributed by atoms with Crippen molar-refractivity contribution in [3.8, 4) is 0 Å². The molecule has 8 heteroatoms. The molecular weight excluding hydrogens is 282 g/mol. The molecule has 0 saturated carbocycles. The number of aromatic carboxylic acids is 1. The molecule has 2 rings (SSSR count). The van der Waals surface area contributed by atoms with E-state index in [4.69, 9.17) is 5.11 Å². The second-order valence-corrected chi connectivity index (χ2v) is 5.92. The Labute approximate surface area is 115 Å². The Bertz CT molecular complexity index is 765. The number of H-pyrrole nitrogens is 1. The molecule has 0 fully saturated rings. The van der Waals surface area contributed by atoms with E-state index in [9.17, 15) is 13.2 Å². The van der Waals surface area contributed by atoms with E-state index < -0.39 is 16.0 Å². The van der Waals surface area contributed by atoms with Crippen LogP contribution >= 0.6 is 0 Å². The van der Waals surface area contributed by atoms with Gasteiger partial charge in [-0.2, -0.15) is 8.42 Å². The summed E-state index contributed by atoms with van der Waals surface area (Å²) < 4.78 is 26.4. The summed E-state index contributed by atoms with van der Waals surface area (Å²) in [5.41, 5.74) is 0.782. The van der Waals surface area contributed by atoms with Gasteiger partial charge < -0.3 is 10.1 Å². The molecule has 0 spiro atoms. The van der Waals surface area contributed by atoms with Gasteiger partial charge in [-0.25, -0.2) is 9.78 Å². The number of aromatic nitrogens is 2. The maximum atomic E-state index is 12.1. The number of nitrogens with zero attached hydrogens (tertiary/aromatic N) is 1. The van der Waals surface area contributed by atoms with Crippen LogP contribution in [-0.4, -0.2) is 29.5 Å². The van der Waals surface area contributed by atoms with Crippen LogP contribution in [0.5, 0.6) is 0 Å². The van der Waals surface area contributed by atoms with Gasteiger partial charge >= 0.3 is 5.97 Å². The molecule has 0 aliphatic heterocycles. The summed E-state index contributed by atoms with van der Waals surface area (Å²) >= 11 is 0. The molecule has 106 valence electrons. The number of rotatable bonds is 4. The summed E-state index contributed by atoms with van der Waals surface area (Å²) in [7, 11) is -3.81. The van der Waals surface area contributed by atoms with Crippen molar-refractivity contribution in [3.05, 3.63) is 41.3 Å². The minimum absolute atomic E-state index is 0.0472. The Balaban J connectivity index is 2.35. The predicted molar refractivity (Wildman–Crippen MR) is 72.3 cm³/mol. The minimum Gasteiger partial charge on any atom is -0.478 e. The highest BCUT2D eigenvalue weighted by atomic mass is 32.2. The summed E-state index contributed by atoms with van der Waals surface area (Å²) in [4.78, 5) is 17.4. The molecule has 7 nitrogen and oxygen atoms in total. The Hall–Kier alpha value is -2.35. The average Bonchev–Trinajstić information content (AvgIpc) is 2.78. The number of aromatic amines is 1. The van der Waals surface area contributed by atoms with Gasteiger partial charge in [0.1, 0.15) is 5.82 Å². The number of anilines is 1. The number of carboxylic acids is 1. The zero-order valence-corrected chi connectivity index (χ0v) is 11.7. The van der Waals surface area contributed by atoms with E-state index >= 15 is 0 Å². The Morgan fingerprint density at radius 1 is 1.35 bits per heavy atom. The molecule has 20 heavy (non-hydrogen) atoms. The number of aryl methyl sites for hydroxylation is 2. The number of nitrogens with one attached hydrogen (secondary N) is 2. The fraction of sp³-hybridized carbons (Fsp3) is 0.167. The van der Waals surface area contributed by atoms with Gasteiger partial charge in [0.15, 0.2) is 5.03 Å². The zero-order chi connectivity index (χ0) is 14.9. The van der Waals surface area contributed by atoms with Crippen molar-refractivity contribution in [2.45, 2.75) is 18.9 Å². The highest BCUT2D eigenvalue weighted by molar-refractivity contribution is 7.92. The zero-order valence-electron chi connectivity index (χ0n) is 10.8. The third kappa shape index (κ3) is 2.80. The van der Waals surface area contributed by atoms with E-state index in [2.05, 4.69) is 14.7 Å². The molecule has 0 radical (unpaired) electrons. The number of carboxylic acid groups (broad SMARTS) is 1. The Morgan fingerprint density at radius 2 is 2.05 bits per heavy atom. The van der Waals surface area contributed by atoms with Crippen LogP contribution in [0.2, 0.25) is 0 Å². The lowest BCUT2D eigenvalue weighted by Gasteiger charge is -2.08. The van der Waals surface area contributed by atoms with Crippen LogP contribution in [0.4, 0.5) is 5.69 Å². The summed E-state index contributed by atoms with van der Waals surface area (Å²) in [5, 5.41) is 8.94. The summed E-state index contributed by atoms with van der Waals surface area (Å²) in [6.07, 6.45) is 1.20.